The summed E-state index contributed by atoms with van der Waals surface area (Å²) in [5.41, 5.74) is 1.19. The van der Waals surface area contributed by atoms with Crippen molar-refractivity contribution in [2.24, 2.45) is 5.92 Å². The second kappa shape index (κ2) is 4.84. The molecule has 0 spiro atoms. The highest BCUT2D eigenvalue weighted by Gasteiger charge is 2.42. The number of hydrogen-bond acceptors (Lipinski definition) is 2. The van der Waals surface area contributed by atoms with Crippen molar-refractivity contribution >= 4 is 16.8 Å². The molecule has 1 aliphatic rings. The van der Waals surface area contributed by atoms with Gasteiger partial charge in [-0.2, -0.15) is 0 Å². The largest absolute Gasteiger partial charge is 0.394 e. The van der Waals surface area contributed by atoms with Gasteiger partial charge in [0, 0.05) is 10.9 Å². The molecule has 1 amide bonds. The van der Waals surface area contributed by atoms with Crippen molar-refractivity contribution in [1.82, 2.24) is 10.3 Å². The first-order valence-electron chi connectivity index (χ1n) is 7.15. The number of aromatic nitrogens is 1. The molecule has 0 bridgehead atoms. The molecule has 3 rings (SSSR count). The number of aromatic amines is 1. The molecule has 21 heavy (non-hydrogen) atoms. The second-order valence-corrected chi connectivity index (χ2v) is 6.17. The van der Waals surface area contributed by atoms with Crippen molar-refractivity contribution in [3.63, 3.8) is 0 Å². The summed E-state index contributed by atoms with van der Waals surface area (Å²) in [6.45, 7) is 3.58. The van der Waals surface area contributed by atoms with Crippen LogP contribution in [0.25, 0.3) is 10.9 Å². The maximum Gasteiger partial charge on any atom is 0.268 e. The molecule has 0 saturated heterocycles. The number of fused-ring (bicyclic) bond motifs is 1. The van der Waals surface area contributed by atoms with Gasteiger partial charge in [-0.25, -0.2) is 4.39 Å². The Morgan fingerprint density at radius 2 is 2.19 bits per heavy atom. The molecule has 1 aromatic carbocycles. The molecular weight excluding hydrogens is 271 g/mol. The maximum atomic E-state index is 13.4. The Kier molecular flexibility index (Phi) is 3.24. The zero-order valence-corrected chi connectivity index (χ0v) is 12.2. The first kappa shape index (κ1) is 14.1. The summed E-state index contributed by atoms with van der Waals surface area (Å²) < 4.78 is 13.4. The number of rotatable bonds is 4. The number of aliphatic hydroxyl groups excluding tert-OH is 1. The molecule has 1 aliphatic carbocycles. The minimum atomic E-state index is -0.589. The molecule has 1 fully saturated rings. The van der Waals surface area contributed by atoms with Gasteiger partial charge in [0.25, 0.3) is 5.91 Å². The van der Waals surface area contributed by atoms with Crippen molar-refractivity contribution in [3.05, 3.63) is 35.3 Å². The summed E-state index contributed by atoms with van der Waals surface area (Å²) in [5, 5.41) is 13.3. The summed E-state index contributed by atoms with van der Waals surface area (Å²) in [6.07, 6.45) is 2.04. The summed E-state index contributed by atoms with van der Waals surface area (Å²) in [7, 11) is 0. The topological polar surface area (TPSA) is 65.1 Å². The molecule has 0 aliphatic heterocycles. The summed E-state index contributed by atoms with van der Waals surface area (Å²) in [6, 6.07) is 4.55. The van der Waals surface area contributed by atoms with Gasteiger partial charge in [-0.05, 0) is 56.4 Å². The van der Waals surface area contributed by atoms with Crippen LogP contribution < -0.4 is 5.32 Å². The van der Waals surface area contributed by atoms with Crippen LogP contribution in [0.5, 0.6) is 0 Å². The Hall–Kier alpha value is -1.88. The van der Waals surface area contributed by atoms with E-state index in [1.54, 1.807) is 6.07 Å². The number of halogens is 1. The quantitative estimate of drug-likeness (QED) is 0.810. The Morgan fingerprint density at radius 1 is 1.48 bits per heavy atom. The Balaban J connectivity index is 1.89. The maximum absolute atomic E-state index is 13.4. The minimum absolute atomic E-state index is 0.0860. The fraction of sp³-hybridized carbons (Fsp3) is 0.438. The number of H-pyrrole nitrogens is 1. The van der Waals surface area contributed by atoms with Crippen LogP contribution in [0, 0.1) is 18.7 Å². The van der Waals surface area contributed by atoms with Crippen LogP contribution in [0.15, 0.2) is 18.2 Å². The van der Waals surface area contributed by atoms with E-state index in [2.05, 4.69) is 10.3 Å². The SMILES string of the molecule is Cc1cc(F)cc2[nH]c(C(=O)NC(C)(CO)C3CC3)cc12. The van der Waals surface area contributed by atoms with Crippen LogP contribution in [-0.4, -0.2) is 28.1 Å². The molecule has 1 aromatic heterocycles. The van der Waals surface area contributed by atoms with E-state index < -0.39 is 5.54 Å². The van der Waals surface area contributed by atoms with Crippen LogP contribution in [-0.2, 0) is 0 Å². The zero-order chi connectivity index (χ0) is 15.2. The van der Waals surface area contributed by atoms with Gasteiger partial charge in [-0.15, -0.1) is 0 Å². The lowest BCUT2D eigenvalue weighted by Crippen LogP contribution is -2.50. The fourth-order valence-electron chi connectivity index (χ4n) is 2.81. The van der Waals surface area contributed by atoms with Crippen molar-refractivity contribution in [1.29, 1.82) is 0 Å². The number of carbonyl (C=O) groups is 1. The number of aryl methyl sites for hydroxylation is 1. The third kappa shape index (κ3) is 2.53. The Labute approximate surface area is 122 Å². The predicted molar refractivity (Wildman–Crippen MR) is 78.7 cm³/mol. The average molecular weight is 290 g/mol. The minimum Gasteiger partial charge on any atom is -0.394 e. The van der Waals surface area contributed by atoms with E-state index in [0.717, 1.165) is 23.8 Å². The highest BCUT2D eigenvalue weighted by molar-refractivity contribution is 5.99. The molecule has 1 saturated carbocycles. The molecule has 4 nitrogen and oxygen atoms in total. The normalized spacial score (nSPS) is 17.7. The van der Waals surface area contributed by atoms with Gasteiger partial charge in [0.1, 0.15) is 11.5 Å². The van der Waals surface area contributed by atoms with E-state index in [-0.39, 0.29) is 18.3 Å². The lowest BCUT2D eigenvalue weighted by atomic mass is 9.97. The van der Waals surface area contributed by atoms with Crippen molar-refractivity contribution in [2.45, 2.75) is 32.2 Å². The van der Waals surface area contributed by atoms with Crippen LogP contribution >= 0.6 is 0 Å². The highest BCUT2D eigenvalue weighted by Crippen LogP contribution is 2.39. The first-order valence-corrected chi connectivity index (χ1v) is 7.15. The Morgan fingerprint density at radius 3 is 2.81 bits per heavy atom. The van der Waals surface area contributed by atoms with Crippen molar-refractivity contribution in [2.75, 3.05) is 6.61 Å². The summed E-state index contributed by atoms with van der Waals surface area (Å²) in [5.74, 6) is -0.267. The molecule has 5 heteroatoms. The van der Waals surface area contributed by atoms with Crippen LogP contribution in [0.4, 0.5) is 4.39 Å². The zero-order valence-electron chi connectivity index (χ0n) is 12.2. The van der Waals surface area contributed by atoms with Gasteiger partial charge in [0.15, 0.2) is 0 Å². The van der Waals surface area contributed by atoms with Crippen LogP contribution in [0.2, 0.25) is 0 Å². The van der Waals surface area contributed by atoms with Gasteiger partial charge in [-0.3, -0.25) is 4.79 Å². The fourth-order valence-corrected chi connectivity index (χ4v) is 2.81. The predicted octanol–water partition coefficient (Wildman–Crippen LogP) is 2.51. The van der Waals surface area contributed by atoms with Gasteiger partial charge in [0.05, 0.1) is 12.1 Å². The van der Waals surface area contributed by atoms with Gasteiger partial charge >= 0.3 is 0 Å². The second-order valence-electron chi connectivity index (χ2n) is 6.17. The van der Waals surface area contributed by atoms with E-state index in [1.807, 2.05) is 13.8 Å². The van der Waals surface area contributed by atoms with Crippen molar-refractivity contribution < 1.29 is 14.3 Å². The van der Waals surface area contributed by atoms with Crippen molar-refractivity contribution in [3.8, 4) is 0 Å². The van der Waals surface area contributed by atoms with E-state index in [0.29, 0.717) is 17.1 Å². The standard InChI is InChI=1S/C16H19FN2O2/c1-9-5-11(17)6-13-12(9)7-14(18-13)15(21)19-16(2,8-20)10-3-4-10/h5-7,10,18,20H,3-4,8H2,1-2H3,(H,19,21). The summed E-state index contributed by atoms with van der Waals surface area (Å²) >= 11 is 0. The highest BCUT2D eigenvalue weighted by atomic mass is 19.1. The summed E-state index contributed by atoms with van der Waals surface area (Å²) in [4.78, 5) is 15.3. The molecule has 3 N–H and O–H groups in total. The lowest BCUT2D eigenvalue weighted by molar-refractivity contribution is 0.0820. The van der Waals surface area contributed by atoms with Gasteiger partial charge < -0.3 is 15.4 Å². The molecule has 1 unspecified atom stereocenters. The molecule has 112 valence electrons. The molecule has 0 radical (unpaired) electrons. The third-order valence-electron chi connectivity index (χ3n) is 4.36. The van der Waals surface area contributed by atoms with Gasteiger partial charge in [0.2, 0.25) is 0 Å². The monoisotopic (exact) mass is 290 g/mol. The number of hydrogen-bond donors (Lipinski definition) is 3. The van der Waals surface area contributed by atoms with E-state index in [4.69, 9.17) is 0 Å². The number of carbonyl (C=O) groups excluding carboxylic acids is 1. The average Bonchev–Trinajstić information content (AvgIpc) is 3.19. The molecular formula is C16H19FN2O2. The van der Waals surface area contributed by atoms with Gasteiger partial charge in [-0.1, -0.05) is 0 Å². The number of benzene rings is 1. The number of amides is 1. The van der Waals surface area contributed by atoms with E-state index in [1.165, 1.54) is 12.1 Å². The number of nitrogens with one attached hydrogen (secondary N) is 2. The molecule has 2 aromatic rings. The smallest absolute Gasteiger partial charge is 0.268 e. The molecule has 1 atom stereocenters. The van der Waals surface area contributed by atoms with Crippen LogP contribution in [0.3, 0.4) is 0 Å². The van der Waals surface area contributed by atoms with E-state index in [9.17, 15) is 14.3 Å². The van der Waals surface area contributed by atoms with Crippen LogP contribution in [0.1, 0.15) is 35.8 Å². The molecule has 1 heterocycles. The number of aliphatic hydroxyl groups is 1. The third-order valence-corrected chi connectivity index (χ3v) is 4.36. The first-order chi connectivity index (χ1) is 9.93. The Bertz CT molecular complexity index is 706. The van der Waals surface area contributed by atoms with E-state index >= 15 is 0 Å². The lowest BCUT2D eigenvalue weighted by Gasteiger charge is -2.28.